The molecule has 9 heteroatoms. The van der Waals surface area contributed by atoms with E-state index in [0.717, 1.165) is 0 Å². The van der Waals surface area contributed by atoms with E-state index in [2.05, 4.69) is 15.9 Å². The fourth-order valence-corrected chi connectivity index (χ4v) is 3.51. The second-order valence-corrected chi connectivity index (χ2v) is 6.71. The summed E-state index contributed by atoms with van der Waals surface area (Å²) in [6.45, 7) is 4.90. The summed E-state index contributed by atoms with van der Waals surface area (Å²) in [4.78, 5) is 45.0. The van der Waals surface area contributed by atoms with Crippen LogP contribution in [0.25, 0.3) is 0 Å². The molecular formula is C15H21BrO8. The van der Waals surface area contributed by atoms with Gasteiger partial charge in [-0.25, -0.2) is 0 Å². The average molecular weight is 409 g/mol. The molecule has 0 saturated heterocycles. The van der Waals surface area contributed by atoms with Crippen LogP contribution in [0.4, 0.5) is 0 Å². The number of carbonyl (C=O) groups excluding carboxylic acids is 4. The molecule has 0 aliphatic heterocycles. The van der Waals surface area contributed by atoms with Crippen LogP contribution in [-0.2, 0) is 38.1 Å². The Morgan fingerprint density at radius 2 is 1.25 bits per heavy atom. The first-order valence-corrected chi connectivity index (χ1v) is 8.32. The first-order chi connectivity index (χ1) is 11.1. The van der Waals surface area contributed by atoms with Crippen molar-refractivity contribution in [2.75, 3.05) is 6.61 Å². The van der Waals surface area contributed by atoms with Gasteiger partial charge in [-0.3, -0.25) is 19.2 Å². The van der Waals surface area contributed by atoms with Gasteiger partial charge in [-0.05, 0) is 6.42 Å². The first-order valence-electron chi connectivity index (χ1n) is 7.41. The Bertz CT molecular complexity index is 506. The highest BCUT2D eigenvalue weighted by Gasteiger charge is 2.50. The van der Waals surface area contributed by atoms with Crippen molar-refractivity contribution < 1.29 is 38.1 Å². The summed E-state index contributed by atoms with van der Waals surface area (Å²) in [6.07, 6.45) is -2.34. The molecule has 0 radical (unpaired) electrons. The number of alkyl halides is 1. The molecule has 5 atom stereocenters. The summed E-state index contributed by atoms with van der Waals surface area (Å²) in [6, 6.07) is 0. The lowest BCUT2D eigenvalue weighted by Crippen LogP contribution is -2.57. The number of rotatable bonds is 5. The third-order valence-corrected chi connectivity index (χ3v) is 4.30. The second kappa shape index (κ2) is 9.00. The van der Waals surface area contributed by atoms with Gasteiger partial charge in [0, 0.05) is 33.6 Å². The van der Waals surface area contributed by atoms with Crippen molar-refractivity contribution in [3.8, 4) is 0 Å². The number of ether oxygens (including phenoxy) is 4. The molecule has 1 aliphatic rings. The van der Waals surface area contributed by atoms with E-state index in [4.69, 9.17) is 18.9 Å². The molecule has 1 aliphatic carbocycles. The van der Waals surface area contributed by atoms with Gasteiger partial charge in [0.15, 0.2) is 12.2 Å². The highest BCUT2D eigenvalue weighted by atomic mass is 79.9. The summed E-state index contributed by atoms with van der Waals surface area (Å²) in [7, 11) is 0. The van der Waals surface area contributed by atoms with Gasteiger partial charge in [0.25, 0.3) is 0 Å². The number of carbonyl (C=O) groups is 4. The summed E-state index contributed by atoms with van der Waals surface area (Å²) >= 11 is 3.41. The van der Waals surface area contributed by atoms with Crippen molar-refractivity contribution in [1.82, 2.24) is 0 Å². The van der Waals surface area contributed by atoms with E-state index in [-0.39, 0.29) is 11.4 Å². The van der Waals surface area contributed by atoms with Crippen molar-refractivity contribution in [1.29, 1.82) is 0 Å². The molecule has 0 bridgehead atoms. The highest BCUT2D eigenvalue weighted by molar-refractivity contribution is 9.09. The molecule has 0 N–H and O–H groups in total. The van der Waals surface area contributed by atoms with Crippen LogP contribution in [0.5, 0.6) is 0 Å². The summed E-state index contributed by atoms with van der Waals surface area (Å²) in [5.41, 5.74) is 0. The summed E-state index contributed by atoms with van der Waals surface area (Å²) in [5.74, 6) is -2.64. The molecule has 0 unspecified atom stereocenters. The van der Waals surface area contributed by atoms with E-state index in [1.54, 1.807) is 0 Å². The molecule has 0 aromatic carbocycles. The monoisotopic (exact) mass is 408 g/mol. The van der Waals surface area contributed by atoms with Crippen LogP contribution in [0.15, 0.2) is 0 Å². The van der Waals surface area contributed by atoms with Crippen LogP contribution >= 0.6 is 15.9 Å². The number of halogens is 1. The molecule has 0 amide bonds. The van der Waals surface area contributed by atoms with Gasteiger partial charge in [-0.1, -0.05) is 15.9 Å². The van der Waals surface area contributed by atoms with E-state index in [9.17, 15) is 19.2 Å². The fourth-order valence-electron chi connectivity index (χ4n) is 2.62. The Balaban J connectivity index is 3.11. The Morgan fingerprint density at radius 1 is 0.792 bits per heavy atom. The van der Waals surface area contributed by atoms with Gasteiger partial charge in [0.2, 0.25) is 0 Å². The minimum absolute atomic E-state index is 0.0140. The zero-order valence-corrected chi connectivity index (χ0v) is 15.5. The maximum absolute atomic E-state index is 11.5. The smallest absolute Gasteiger partial charge is 0.303 e. The normalized spacial score (nSPS) is 29.3. The van der Waals surface area contributed by atoms with Gasteiger partial charge in [-0.2, -0.15) is 0 Å². The molecule has 0 spiro atoms. The molecule has 0 aromatic heterocycles. The predicted octanol–water partition coefficient (Wildman–Crippen LogP) is 1.13. The van der Waals surface area contributed by atoms with Crippen molar-refractivity contribution in [2.24, 2.45) is 5.92 Å². The van der Waals surface area contributed by atoms with Crippen LogP contribution in [0.3, 0.4) is 0 Å². The van der Waals surface area contributed by atoms with Crippen molar-refractivity contribution in [3.63, 3.8) is 0 Å². The van der Waals surface area contributed by atoms with E-state index in [1.165, 1.54) is 27.7 Å². The number of hydrogen-bond acceptors (Lipinski definition) is 8. The number of hydrogen-bond donors (Lipinski definition) is 0. The summed E-state index contributed by atoms with van der Waals surface area (Å²) in [5, 5.41) is 0. The van der Waals surface area contributed by atoms with Crippen molar-refractivity contribution in [3.05, 3.63) is 0 Å². The molecule has 0 heterocycles. The first kappa shape index (κ1) is 20.4. The molecule has 24 heavy (non-hydrogen) atoms. The molecule has 8 nitrogen and oxygen atoms in total. The van der Waals surface area contributed by atoms with E-state index < -0.39 is 48.1 Å². The zero-order valence-electron chi connectivity index (χ0n) is 13.9. The quantitative estimate of drug-likeness (QED) is 0.378. The van der Waals surface area contributed by atoms with Gasteiger partial charge in [0.1, 0.15) is 6.10 Å². The lowest BCUT2D eigenvalue weighted by Gasteiger charge is -2.42. The lowest BCUT2D eigenvalue weighted by molar-refractivity contribution is -0.198. The molecule has 136 valence electrons. The zero-order chi connectivity index (χ0) is 18.4. The predicted molar refractivity (Wildman–Crippen MR) is 84.1 cm³/mol. The second-order valence-electron chi connectivity index (χ2n) is 5.54. The van der Waals surface area contributed by atoms with Crippen LogP contribution in [0.1, 0.15) is 34.1 Å². The third kappa shape index (κ3) is 6.10. The van der Waals surface area contributed by atoms with E-state index in [0.29, 0.717) is 6.42 Å². The maximum Gasteiger partial charge on any atom is 0.303 e. The van der Waals surface area contributed by atoms with Crippen molar-refractivity contribution >= 4 is 39.8 Å². The van der Waals surface area contributed by atoms with Gasteiger partial charge in [0.05, 0.1) is 11.4 Å². The minimum Gasteiger partial charge on any atom is -0.465 e. The summed E-state index contributed by atoms with van der Waals surface area (Å²) < 4.78 is 20.8. The average Bonchev–Trinajstić information content (AvgIpc) is 2.42. The Kier molecular flexibility index (Phi) is 7.65. The molecular weight excluding hydrogens is 388 g/mol. The Morgan fingerprint density at radius 3 is 1.71 bits per heavy atom. The highest BCUT2D eigenvalue weighted by Crippen LogP contribution is 2.36. The molecule has 0 aromatic rings. The van der Waals surface area contributed by atoms with E-state index >= 15 is 0 Å². The SMILES string of the molecule is CC(=O)OC[C@H]1C[C@H](Br)[C@H](OC(C)=O)[C@@H](OC(C)=O)[C@@H]1OC(C)=O. The lowest BCUT2D eigenvalue weighted by atomic mass is 9.82. The van der Waals surface area contributed by atoms with Gasteiger partial charge in [-0.15, -0.1) is 0 Å². The van der Waals surface area contributed by atoms with Crippen molar-refractivity contribution in [2.45, 2.75) is 57.3 Å². The van der Waals surface area contributed by atoms with Crippen LogP contribution < -0.4 is 0 Å². The standard InChI is InChI=1S/C15H21BrO8/c1-7(17)21-6-11-5-12(16)14(23-9(3)19)15(24-10(4)20)13(11)22-8(2)18/h11-15H,5-6H2,1-4H3/t11-,12+,13-,14+,15+/m1/s1. The largest absolute Gasteiger partial charge is 0.465 e. The Hall–Kier alpha value is -1.64. The van der Waals surface area contributed by atoms with Crippen LogP contribution in [0, 0.1) is 5.92 Å². The van der Waals surface area contributed by atoms with Crippen LogP contribution in [0.2, 0.25) is 0 Å². The minimum atomic E-state index is -1.01. The third-order valence-electron chi connectivity index (χ3n) is 3.40. The van der Waals surface area contributed by atoms with Gasteiger partial charge < -0.3 is 18.9 Å². The Labute approximate surface area is 148 Å². The topological polar surface area (TPSA) is 105 Å². The molecule has 1 rings (SSSR count). The van der Waals surface area contributed by atoms with E-state index in [1.807, 2.05) is 0 Å². The van der Waals surface area contributed by atoms with Gasteiger partial charge >= 0.3 is 23.9 Å². The maximum atomic E-state index is 11.5. The van der Waals surface area contributed by atoms with Crippen LogP contribution in [-0.4, -0.2) is 53.6 Å². The fraction of sp³-hybridized carbons (Fsp3) is 0.733. The molecule has 1 fully saturated rings. The molecule has 1 saturated carbocycles. The number of esters is 4.